The van der Waals surface area contributed by atoms with Gasteiger partial charge < -0.3 is 14.1 Å². The number of halogens is 1. The van der Waals surface area contributed by atoms with Gasteiger partial charge in [-0.3, -0.25) is 9.48 Å². The average molecular weight is 402 g/mol. The Morgan fingerprint density at radius 3 is 2.64 bits per heavy atom. The molecule has 1 aromatic carbocycles. The molecule has 7 heteroatoms. The summed E-state index contributed by atoms with van der Waals surface area (Å²) in [6, 6.07) is 11.4. The van der Waals surface area contributed by atoms with E-state index in [1.807, 2.05) is 31.2 Å². The number of nitrogens with zero attached hydrogens (tertiary/aromatic N) is 3. The Morgan fingerprint density at radius 1 is 1.21 bits per heavy atom. The van der Waals surface area contributed by atoms with E-state index in [1.54, 1.807) is 35.0 Å². The number of aromatic nitrogens is 2. The number of hydrogen-bond donors (Lipinski definition) is 0. The lowest BCUT2D eigenvalue weighted by molar-refractivity contribution is 0.0745. The number of amides is 1. The molecule has 0 aliphatic carbocycles. The standard InChI is InChI=1S/C21H24ClN3O3/c1-4-15-6-8-16(9-7-15)27-14-17-10-11-20(28-17)21(26)24(3)13-19-18(22)12-23-25(19)5-2/h6-12H,4-5,13-14H2,1-3H3. The van der Waals surface area contributed by atoms with Crippen molar-refractivity contribution in [2.75, 3.05) is 7.05 Å². The zero-order chi connectivity index (χ0) is 20.1. The zero-order valence-electron chi connectivity index (χ0n) is 16.3. The number of carbonyl (C=O) groups is 1. The van der Waals surface area contributed by atoms with Crippen LogP contribution in [-0.4, -0.2) is 27.6 Å². The highest BCUT2D eigenvalue weighted by molar-refractivity contribution is 6.31. The second kappa shape index (κ2) is 8.97. The Kier molecular flexibility index (Phi) is 6.41. The van der Waals surface area contributed by atoms with Crippen LogP contribution in [-0.2, 0) is 26.1 Å². The van der Waals surface area contributed by atoms with Gasteiger partial charge in [-0.2, -0.15) is 5.10 Å². The van der Waals surface area contributed by atoms with Gasteiger partial charge in [0, 0.05) is 13.6 Å². The molecule has 2 heterocycles. The van der Waals surface area contributed by atoms with Crippen LogP contribution in [0.25, 0.3) is 0 Å². The van der Waals surface area contributed by atoms with Crippen molar-refractivity contribution >= 4 is 17.5 Å². The van der Waals surface area contributed by atoms with Crippen LogP contribution in [0, 0.1) is 0 Å². The summed E-state index contributed by atoms with van der Waals surface area (Å²) < 4.78 is 13.2. The van der Waals surface area contributed by atoms with Crippen molar-refractivity contribution in [3.63, 3.8) is 0 Å². The molecule has 0 N–H and O–H groups in total. The van der Waals surface area contributed by atoms with Gasteiger partial charge in [-0.15, -0.1) is 0 Å². The van der Waals surface area contributed by atoms with Crippen molar-refractivity contribution in [2.45, 2.75) is 40.0 Å². The number of benzene rings is 1. The number of aryl methyl sites for hydroxylation is 2. The number of rotatable bonds is 8. The minimum atomic E-state index is -0.224. The predicted molar refractivity (Wildman–Crippen MR) is 108 cm³/mol. The van der Waals surface area contributed by atoms with Crippen LogP contribution < -0.4 is 4.74 Å². The van der Waals surface area contributed by atoms with Gasteiger partial charge in [0.2, 0.25) is 0 Å². The largest absolute Gasteiger partial charge is 0.486 e. The quantitative estimate of drug-likeness (QED) is 0.555. The molecule has 0 aliphatic heterocycles. The topological polar surface area (TPSA) is 60.5 Å². The molecule has 0 fully saturated rings. The summed E-state index contributed by atoms with van der Waals surface area (Å²) in [5, 5.41) is 4.74. The zero-order valence-corrected chi connectivity index (χ0v) is 17.1. The molecule has 0 aliphatic rings. The number of ether oxygens (including phenoxy) is 1. The molecule has 2 aromatic heterocycles. The molecule has 0 spiro atoms. The fraction of sp³-hybridized carbons (Fsp3) is 0.333. The highest BCUT2D eigenvalue weighted by Gasteiger charge is 2.19. The molecule has 6 nitrogen and oxygen atoms in total. The van der Waals surface area contributed by atoms with Crippen molar-refractivity contribution in [1.82, 2.24) is 14.7 Å². The van der Waals surface area contributed by atoms with E-state index in [0.717, 1.165) is 17.9 Å². The summed E-state index contributed by atoms with van der Waals surface area (Å²) in [5.41, 5.74) is 2.05. The average Bonchev–Trinajstić information content (AvgIpc) is 3.33. The van der Waals surface area contributed by atoms with Crippen molar-refractivity contribution in [2.24, 2.45) is 0 Å². The first-order valence-electron chi connectivity index (χ1n) is 9.27. The van der Waals surface area contributed by atoms with Crippen molar-refractivity contribution < 1.29 is 13.9 Å². The summed E-state index contributed by atoms with van der Waals surface area (Å²) in [4.78, 5) is 14.2. The maximum Gasteiger partial charge on any atom is 0.289 e. The number of carbonyl (C=O) groups excluding carboxylic acids is 1. The van der Waals surface area contributed by atoms with E-state index in [1.165, 1.54) is 5.56 Å². The second-order valence-corrected chi connectivity index (χ2v) is 6.88. The maximum atomic E-state index is 12.7. The molecule has 28 heavy (non-hydrogen) atoms. The lowest BCUT2D eigenvalue weighted by Gasteiger charge is -2.16. The van der Waals surface area contributed by atoms with Crippen LogP contribution in [0.5, 0.6) is 5.75 Å². The summed E-state index contributed by atoms with van der Waals surface area (Å²) in [7, 11) is 1.71. The van der Waals surface area contributed by atoms with Gasteiger partial charge >= 0.3 is 0 Å². The molecule has 3 aromatic rings. The van der Waals surface area contributed by atoms with E-state index >= 15 is 0 Å². The van der Waals surface area contributed by atoms with Gasteiger partial charge in [-0.05, 0) is 43.2 Å². The van der Waals surface area contributed by atoms with Crippen LogP contribution in [0.15, 0.2) is 47.0 Å². The normalized spacial score (nSPS) is 10.9. The number of furan rings is 1. The van der Waals surface area contributed by atoms with Crippen LogP contribution in [0.4, 0.5) is 0 Å². The molecule has 1 amide bonds. The first kappa shape index (κ1) is 20.0. The maximum absolute atomic E-state index is 12.7. The van der Waals surface area contributed by atoms with E-state index in [0.29, 0.717) is 23.9 Å². The molecular formula is C21H24ClN3O3. The van der Waals surface area contributed by atoms with Crippen molar-refractivity contribution in [3.8, 4) is 5.75 Å². The first-order valence-corrected chi connectivity index (χ1v) is 9.65. The molecule has 0 saturated heterocycles. The Labute approximate surface area is 169 Å². The van der Waals surface area contributed by atoms with Gasteiger partial charge in [0.15, 0.2) is 5.76 Å². The molecule has 0 unspecified atom stereocenters. The van der Waals surface area contributed by atoms with Crippen molar-refractivity contribution in [3.05, 3.63) is 70.4 Å². The lowest BCUT2D eigenvalue weighted by atomic mass is 10.2. The van der Waals surface area contributed by atoms with E-state index in [-0.39, 0.29) is 18.3 Å². The second-order valence-electron chi connectivity index (χ2n) is 6.47. The summed E-state index contributed by atoms with van der Waals surface area (Å²) in [6.07, 6.45) is 2.58. The van der Waals surface area contributed by atoms with Gasteiger partial charge in [0.1, 0.15) is 18.1 Å². The van der Waals surface area contributed by atoms with E-state index in [9.17, 15) is 4.79 Å². The molecule has 0 saturated carbocycles. The third kappa shape index (κ3) is 4.57. The first-order chi connectivity index (χ1) is 13.5. The molecular weight excluding hydrogens is 378 g/mol. The third-order valence-electron chi connectivity index (χ3n) is 4.52. The fourth-order valence-electron chi connectivity index (χ4n) is 2.85. The van der Waals surface area contributed by atoms with Crippen LogP contribution in [0.3, 0.4) is 0 Å². The highest BCUT2D eigenvalue weighted by Crippen LogP contribution is 2.19. The monoisotopic (exact) mass is 401 g/mol. The Bertz CT molecular complexity index is 931. The van der Waals surface area contributed by atoms with Crippen LogP contribution in [0.1, 0.15) is 41.4 Å². The smallest absolute Gasteiger partial charge is 0.289 e. The Hall–Kier alpha value is -2.73. The number of hydrogen-bond acceptors (Lipinski definition) is 4. The SMILES string of the molecule is CCc1ccc(OCc2ccc(C(=O)N(C)Cc3c(Cl)cnn3CC)o2)cc1. The summed E-state index contributed by atoms with van der Waals surface area (Å²) in [5.74, 6) is 1.40. The van der Waals surface area contributed by atoms with Gasteiger partial charge in [0.05, 0.1) is 23.5 Å². The third-order valence-corrected chi connectivity index (χ3v) is 4.83. The minimum Gasteiger partial charge on any atom is -0.486 e. The molecule has 148 valence electrons. The van der Waals surface area contributed by atoms with Gasteiger partial charge in [0.25, 0.3) is 5.91 Å². The lowest BCUT2D eigenvalue weighted by Crippen LogP contribution is -2.27. The fourth-order valence-corrected chi connectivity index (χ4v) is 3.05. The summed E-state index contributed by atoms with van der Waals surface area (Å²) in [6.45, 7) is 5.38. The van der Waals surface area contributed by atoms with E-state index in [2.05, 4.69) is 12.0 Å². The molecule has 0 bridgehead atoms. The Balaban J connectivity index is 1.60. The molecule has 3 rings (SSSR count). The van der Waals surface area contributed by atoms with Crippen LogP contribution >= 0.6 is 11.6 Å². The Morgan fingerprint density at radius 2 is 1.96 bits per heavy atom. The van der Waals surface area contributed by atoms with Crippen LogP contribution in [0.2, 0.25) is 5.02 Å². The van der Waals surface area contributed by atoms with E-state index < -0.39 is 0 Å². The van der Waals surface area contributed by atoms with Gasteiger partial charge in [-0.1, -0.05) is 30.7 Å². The highest BCUT2D eigenvalue weighted by atomic mass is 35.5. The molecule has 0 radical (unpaired) electrons. The van der Waals surface area contributed by atoms with E-state index in [4.69, 9.17) is 20.8 Å². The summed E-state index contributed by atoms with van der Waals surface area (Å²) >= 11 is 6.18. The van der Waals surface area contributed by atoms with Crippen molar-refractivity contribution in [1.29, 1.82) is 0 Å². The predicted octanol–water partition coefficient (Wildman–Crippen LogP) is 4.56. The molecule has 0 atom stereocenters. The van der Waals surface area contributed by atoms with Gasteiger partial charge in [-0.25, -0.2) is 0 Å². The minimum absolute atomic E-state index is 0.224.